The highest BCUT2D eigenvalue weighted by Gasteiger charge is 2.14. The molecule has 0 aromatic carbocycles. The lowest BCUT2D eigenvalue weighted by Crippen LogP contribution is -1.90. The molecule has 7 heteroatoms. The van der Waals surface area contributed by atoms with Crippen molar-refractivity contribution < 1.29 is 14.8 Å². The highest BCUT2D eigenvalue weighted by atomic mass is 16.6. The molecule has 0 aliphatic heterocycles. The quantitative estimate of drug-likeness (QED) is 0.634. The molecule has 0 unspecified atom stereocenters. The lowest BCUT2D eigenvalue weighted by molar-refractivity contribution is -0.383. The molecule has 7 nitrogen and oxygen atoms in total. The van der Waals surface area contributed by atoms with E-state index in [0.29, 0.717) is 16.6 Å². The number of nitrogens with zero attached hydrogens (tertiary/aromatic N) is 2. The highest BCUT2D eigenvalue weighted by molar-refractivity contribution is 5.87. The van der Waals surface area contributed by atoms with Gasteiger partial charge >= 0.3 is 5.97 Å². The molecule has 0 aliphatic carbocycles. The van der Waals surface area contributed by atoms with Gasteiger partial charge in [0.15, 0.2) is 0 Å². The first-order valence-electron chi connectivity index (χ1n) is 5.08. The maximum Gasteiger partial charge on any atom is 0.307 e. The van der Waals surface area contributed by atoms with E-state index in [0.717, 1.165) is 0 Å². The van der Waals surface area contributed by atoms with E-state index in [9.17, 15) is 14.9 Å². The number of hydrogen-bond donors (Lipinski definition) is 2. The minimum Gasteiger partial charge on any atom is -0.481 e. The summed E-state index contributed by atoms with van der Waals surface area (Å²) in [5, 5.41) is 19.6. The fraction of sp³-hybridized carbons (Fsp3) is 0.0909. The monoisotopic (exact) mass is 247 g/mol. The van der Waals surface area contributed by atoms with Crippen molar-refractivity contribution in [2.24, 2.45) is 0 Å². The molecular weight excluding hydrogens is 238 g/mol. The van der Waals surface area contributed by atoms with Crippen molar-refractivity contribution in [3.8, 4) is 0 Å². The van der Waals surface area contributed by atoms with Crippen molar-refractivity contribution in [2.75, 3.05) is 0 Å². The topological polar surface area (TPSA) is 109 Å². The highest BCUT2D eigenvalue weighted by Crippen LogP contribution is 2.24. The van der Waals surface area contributed by atoms with Gasteiger partial charge in [0.2, 0.25) is 0 Å². The number of hydrogen-bond acceptors (Lipinski definition) is 4. The van der Waals surface area contributed by atoms with Gasteiger partial charge in [-0.15, -0.1) is 0 Å². The van der Waals surface area contributed by atoms with Crippen LogP contribution in [0.4, 0.5) is 5.69 Å². The molecule has 92 valence electrons. The molecule has 0 atom stereocenters. The summed E-state index contributed by atoms with van der Waals surface area (Å²) < 4.78 is 0. The van der Waals surface area contributed by atoms with Gasteiger partial charge in [0.25, 0.3) is 5.69 Å². The van der Waals surface area contributed by atoms with Gasteiger partial charge in [0, 0.05) is 6.20 Å². The lowest BCUT2D eigenvalue weighted by atomic mass is 10.2. The van der Waals surface area contributed by atoms with Crippen molar-refractivity contribution in [2.45, 2.75) is 6.42 Å². The van der Waals surface area contributed by atoms with E-state index in [-0.39, 0.29) is 12.1 Å². The average Bonchev–Trinajstić information content (AvgIpc) is 2.71. The number of fused-ring (bicyclic) bond motifs is 1. The van der Waals surface area contributed by atoms with E-state index >= 15 is 0 Å². The molecule has 2 N–H and O–H groups in total. The van der Waals surface area contributed by atoms with Gasteiger partial charge < -0.3 is 10.1 Å². The molecular formula is C11H9N3O4. The van der Waals surface area contributed by atoms with E-state index in [1.165, 1.54) is 18.5 Å². The molecule has 2 aromatic rings. The Morgan fingerprint density at radius 2 is 2.39 bits per heavy atom. The number of H-pyrrole nitrogens is 1. The van der Waals surface area contributed by atoms with Crippen LogP contribution in [0.15, 0.2) is 24.5 Å². The largest absolute Gasteiger partial charge is 0.481 e. The van der Waals surface area contributed by atoms with Crippen molar-refractivity contribution >= 4 is 28.8 Å². The molecule has 2 aromatic heterocycles. The fourth-order valence-corrected chi connectivity index (χ4v) is 1.54. The summed E-state index contributed by atoms with van der Waals surface area (Å²) in [6.07, 6.45) is 5.72. The SMILES string of the molecule is O=C(O)CC=Cc1cnc2[nH]cc([N+](=O)[O-])c2c1. The Bertz CT molecular complexity index is 645. The van der Waals surface area contributed by atoms with Crippen LogP contribution in [0.25, 0.3) is 17.1 Å². The van der Waals surface area contributed by atoms with Crippen LogP contribution in [0.3, 0.4) is 0 Å². The van der Waals surface area contributed by atoms with Gasteiger partial charge in [-0.3, -0.25) is 14.9 Å². The van der Waals surface area contributed by atoms with Crippen LogP contribution in [0.1, 0.15) is 12.0 Å². The van der Waals surface area contributed by atoms with Crippen molar-refractivity contribution in [3.63, 3.8) is 0 Å². The second-order valence-electron chi connectivity index (χ2n) is 3.60. The van der Waals surface area contributed by atoms with Gasteiger partial charge in [-0.25, -0.2) is 4.98 Å². The van der Waals surface area contributed by atoms with Gasteiger partial charge in [-0.1, -0.05) is 12.2 Å². The molecule has 0 bridgehead atoms. The normalized spacial score (nSPS) is 11.1. The molecule has 0 spiro atoms. The van der Waals surface area contributed by atoms with Gasteiger partial charge in [-0.2, -0.15) is 0 Å². The van der Waals surface area contributed by atoms with Gasteiger partial charge in [0.1, 0.15) is 5.65 Å². The Morgan fingerprint density at radius 3 is 3.06 bits per heavy atom. The van der Waals surface area contributed by atoms with E-state index in [4.69, 9.17) is 5.11 Å². The molecule has 0 fully saturated rings. The third kappa shape index (κ3) is 2.34. The fourth-order valence-electron chi connectivity index (χ4n) is 1.54. The molecule has 2 heterocycles. The smallest absolute Gasteiger partial charge is 0.307 e. The number of carboxylic acids is 1. The number of nitro groups is 1. The first kappa shape index (κ1) is 11.8. The second kappa shape index (κ2) is 4.66. The van der Waals surface area contributed by atoms with Gasteiger partial charge in [0.05, 0.1) is 22.9 Å². The van der Waals surface area contributed by atoms with Crippen LogP contribution in [0, 0.1) is 10.1 Å². The molecule has 0 aliphatic rings. The molecule has 0 saturated heterocycles. The molecule has 0 radical (unpaired) electrons. The van der Waals surface area contributed by atoms with Crippen LogP contribution in [0.2, 0.25) is 0 Å². The summed E-state index contributed by atoms with van der Waals surface area (Å²) in [6, 6.07) is 1.59. The van der Waals surface area contributed by atoms with Gasteiger partial charge in [-0.05, 0) is 11.6 Å². The Hall–Kier alpha value is -2.70. The summed E-state index contributed by atoms with van der Waals surface area (Å²) in [4.78, 5) is 27.3. The summed E-state index contributed by atoms with van der Waals surface area (Å²) in [7, 11) is 0. The van der Waals surface area contributed by atoms with Crippen molar-refractivity contribution in [1.82, 2.24) is 9.97 Å². The second-order valence-corrected chi connectivity index (χ2v) is 3.60. The number of rotatable bonds is 4. The van der Waals surface area contributed by atoms with Crippen molar-refractivity contribution in [3.05, 3.63) is 40.2 Å². The van der Waals surface area contributed by atoms with Crippen LogP contribution >= 0.6 is 0 Å². The molecule has 0 amide bonds. The molecule has 0 saturated carbocycles. The maximum absolute atomic E-state index is 10.8. The number of carboxylic acid groups (broad SMARTS) is 1. The van der Waals surface area contributed by atoms with Crippen LogP contribution in [-0.2, 0) is 4.79 Å². The Morgan fingerprint density at radius 1 is 1.61 bits per heavy atom. The van der Waals surface area contributed by atoms with E-state index in [1.807, 2.05) is 0 Å². The summed E-state index contributed by atoms with van der Waals surface area (Å²) >= 11 is 0. The third-order valence-electron chi connectivity index (χ3n) is 2.33. The lowest BCUT2D eigenvalue weighted by Gasteiger charge is -1.93. The minimum absolute atomic E-state index is 0.0500. The van der Waals surface area contributed by atoms with E-state index in [1.54, 1.807) is 12.1 Å². The Labute approximate surface area is 101 Å². The molecule has 18 heavy (non-hydrogen) atoms. The minimum atomic E-state index is -0.937. The summed E-state index contributed by atoms with van der Waals surface area (Å²) in [5.41, 5.74) is 0.995. The number of carbonyl (C=O) groups is 1. The molecule has 2 rings (SSSR count). The number of pyridine rings is 1. The van der Waals surface area contributed by atoms with E-state index in [2.05, 4.69) is 9.97 Å². The Kier molecular flexibility index (Phi) is 3.05. The zero-order chi connectivity index (χ0) is 13.1. The standard InChI is InChI=1S/C11H9N3O4/c15-10(16)3-1-2-7-4-8-9(14(17)18)6-13-11(8)12-5-7/h1-2,4-6H,3H2,(H,12,13)(H,15,16). The van der Waals surface area contributed by atoms with E-state index < -0.39 is 10.9 Å². The number of aromatic nitrogens is 2. The average molecular weight is 247 g/mol. The zero-order valence-electron chi connectivity index (χ0n) is 9.16. The van der Waals surface area contributed by atoms with Crippen molar-refractivity contribution in [1.29, 1.82) is 0 Å². The number of nitrogens with one attached hydrogen (secondary N) is 1. The first-order chi connectivity index (χ1) is 8.58. The van der Waals surface area contributed by atoms with Crippen LogP contribution in [-0.4, -0.2) is 26.0 Å². The van der Waals surface area contributed by atoms with Crippen LogP contribution < -0.4 is 0 Å². The predicted molar refractivity (Wildman–Crippen MR) is 64.0 cm³/mol. The van der Waals surface area contributed by atoms with Crippen LogP contribution in [0.5, 0.6) is 0 Å². The number of aliphatic carboxylic acids is 1. The third-order valence-corrected chi connectivity index (χ3v) is 2.33. The number of aromatic amines is 1. The maximum atomic E-state index is 10.8. The summed E-state index contributed by atoms with van der Waals surface area (Å²) in [6.45, 7) is 0. The Balaban J connectivity index is 2.36. The predicted octanol–water partition coefficient (Wildman–Crippen LogP) is 1.96. The first-order valence-corrected chi connectivity index (χ1v) is 5.08. The summed E-state index contributed by atoms with van der Waals surface area (Å²) in [5.74, 6) is -0.937. The zero-order valence-corrected chi connectivity index (χ0v) is 9.16.